The van der Waals surface area contributed by atoms with Crippen molar-refractivity contribution >= 4 is 22.5 Å². The lowest BCUT2D eigenvalue weighted by atomic mass is 9.91. The van der Waals surface area contributed by atoms with E-state index in [0.717, 1.165) is 12.3 Å². The molecule has 0 aliphatic heterocycles. The molecule has 3 rings (SSSR count). The maximum absolute atomic E-state index is 12.9. The molecule has 3 aromatic rings. The van der Waals surface area contributed by atoms with Gasteiger partial charge in [0.1, 0.15) is 5.60 Å². The van der Waals surface area contributed by atoms with Crippen molar-refractivity contribution in [1.82, 2.24) is 19.3 Å². The molecule has 144 valence electrons. The number of alkyl halides is 3. The van der Waals surface area contributed by atoms with Crippen LogP contribution in [0.15, 0.2) is 29.3 Å². The molecule has 0 saturated carbocycles. The number of aromatic nitrogens is 4. The zero-order valence-electron chi connectivity index (χ0n) is 14.7. The zero-order chi connectivity index (χ0) is 20.1. The van der Waals surface area contributed by atoms with Crippen molar-refractivity contribution in [2.24, 2.45) is 7.05 Å². The minimum Gasteiger partial charge on any atom is -0.379 e. The molecule has 0 aliphatic carbocycles. The largest absolute Gasteiger partial charge is 0.434 e. The lowest BCUT2D eigenvalue weighted by Crippen LogP contribution is -2.27. The van der Waals surface area contributed by atoms with E-state index in [1.807, 2.05) is 6.92 Å². The van der Waals surface area contributed by atoms with Gasteiger partial charge >= 0.3 is 6.18 Å². The van der Waals surface area contributed by atoms with E-state index in [4.69, 9.17) is 11.6 Å². The number of pyridine rings is 2. The van der Waals surface area contributed by atoms with Gasteiger partial charge in [0.2, 0.25) is 0 Å². The fraction of sp³-hybridized carbons (Fsp3) is 0.353. The molecule has 0 saturated heterocycles. The Bertz CT molecular complexity index is 1090. The van der Waals surface area contributed by atoms with Gasteiger partial charge in [0.05, 0.1) is 10.7 Å². The lowest BCUT2D eigenvalue weighted by Gasteiger charge is -2.25. The van der Waals surface area contributed by atoms with E-state index in [1.54, 1.807) is 19.3 Å². The molecule has 1 atom stereocenters. The SMILES string of the molecule is CCn1ccc2c([C@@](C)(O)c3cnc(C(F)(F)F)c(Cl)c3)n(C)nc2c1=O. The lowest BCUT2D eigenvalue weighted by molar-refractivity contribution is -0.141. The molecule has 0 bridgehead atoms. The van der Waals surface area contributed by atoms with Crippen LogP contribution in [0.1, 0.15) is 30.8 Å². The van der Waals surface area contributed by atoms with Gasteiger partial charge < -0.3 is 9.67 Å². The summed E-state index contributed by atoms with van der Waals surface area (Å²) in [6, 6.07) is 2.65. The van der Waals surface area contributed by atoms with Crippen LogP contribution in [-0.2, 0) is 25.4 Å². The van der Waals surface area contributed by atoms with Crippen molar-refractivity contribution in [2.45, 2.75) is 32.2 Å². The molecule has 0 fully saturated rings. The highest BCUT2D eigenvalue weighted by molar-refractivity contribution is 6.31. The third-order valence-electron chi connectivity index (χ3n) is 4.44. The monoisotopic (exact) mass is 400 g/mol. The average molecular weight is 401 g/mol. The summed E-state index contributed by atoms with van der Waals surface area (Å²) in [7, 11) is 1.54. The molecule has 10 heteroatoms. The van der Waals surface area contributed by atoms with Gasteiger partial charge in [-0.05, 0) is 26.0 Å². The van der Waals surface area contributed by atoms with Gasteiger partial charge in [0, 0.05) is 36.9 Å². The number of hydrogen-bond acceptors (Lipinski definition) is 4. The van der Waals surface area contributed by atoms with Crippen LogP contribution in [0.25, 0.3) is 10.9 Å². The third kappa shape index (κ3) is 3.10. The van der Waals surface area contributed by atoms with E-state index in [1.165, 1.54) is 16.2 Å². The quantitative estimate of drug-likeness (QED) is 0.733. The third-order valence-corrected chi connectivity index (χ3v) is 4.73. The molecule has 1 N–H and O–H groups in total. The Balaban J connectivity index is 2.21. The first-order valence-electron chi connectivity index (χ1n) is 8.00. The Labute approximate surface area is 156 Å². The second-order valence-corrected chi connectivity index (χ2v) is 6.67. The van der Waals surface area contributed by atoms with Crippen molar-refractivity contribution < 1.29 is 18.3 Å². The fourth-order valence-electron chi connectivity index (χ4n) is 3.10. The molecule has 0 radical (unpaired) electrons. The van der Waals surface area contributed by atoms with Crippen LogP contribution in [0, 0.1) is 0 Å². The maximum atomic E-state index is 12.9. The number of rotatable bonds is 3. The second kappa shape index (κ2) is 6.35. The van der Waals surface area contributed by atoms with Crippen LogP contribution >= 0.6 is 11.6 Å². The first-order chi connectivity index (χ1) is 12.5. The van der Waals surface area contributed by atoms with Gasteiger partial charge in [-0.2, -0.15) is 18.3 Å². The van der Waals surface area contributed by atoms with Crippen molar-refractivity contribution in [3.05, 3.63) is 56.9 Å². The van der Waals surface area contributed by atoms with E-state index in [-0.39, 0.29) is 22.3 Å². The number of aliphatic hydroxyl groups is 1. The van der Waals surface area contributed by atoms with Crippen LogP contribution in [-0.4, -0.2) is 24.4 Å². The molecule has 0 spiro atoms. The molecule has 0 amide bonds. The molecule has 6 nitrogen and oxygen atoms in total. The predicted octanol–water partition coefficient (Wildman–Crippen LogP) is 3.08. The molecule has 0 aromatic carbocycles. The number of nitrogens with zero attached hydrogens (tertiary/aromatic N) is 4. The molecule has 0 unspecified atom stereocenters. The summed E-state index contributed by atoms with van der Waals surface area (Å²) >= 11 is 5.73. The van der Waals surface area contributed by atoms with Crippen LogP contribution in [0.2, 0.25) is 5.02 Å². The Morgan fingerprint density at radius 3 is 2.56 bits per heavy atom. The van der Waals surface area contributed by atoms with E-state index >= 15 is 0 Å². The van der Waals surface area contributed by atoms with Crippen molar-refractivity contribution in [2.75, 3.05) is 0 Å². The molecular weight excluding hydrogens is 385 g/mol. The van der Waals surface area contributed by atoms with E-state index in [0.29, 0.717) is 11.9 Å². The van der Waals surface area contributed by atoms with Crippen LogP contribution in [0.3, 0.4) is 0 Å². The average Bonchev–Trinajstić information content (AvgIpc) is 2.91. The first-order valence-corrected chi connectivity index (χ1v) is 8.38. The number of halogens is 4. The standard InChI is InChI=1S/C17H16ClF3N4O2/c1-4-25-6-5-10-12(15(25)26)23-24(3)14(10)16(2,27)9-7-11(18)13(22-8-9)17(19,20)21/h5-8,27H,4H2,1-3H3/t16-/m0/s1. The molecule has 3 aromatic heterocycles. The number of aryl methyl sites for hydroxylation is 2. The van der Waals surface area contributed by atoms with Gasteiger partial charge in [-0.1, -0.05) is 11.6 Å². The van der Waals surface area contributed by atoms with Gasteiger partial charge in [0.25, 0.3) is 5.56 Å². The Kier molecular flexibility index (Phi) is 4.55. The molecular formula is C17H16ClF3N4O2. The summed E-state index contributed by atoms with van der Waals surface area (Å²) in [6.07, 6.45) is -2.21. The summed E-state index contributed by atoms with van der Waals surface area (Å²) in [6.45, 7) is 3.65. The molecule has 0 aliphatic rings. The van der Waals surface area contributed by atoms with Crippen molar-refractivity contribution in [3.8, 4) is 0 Å². The Morgan fingerprint density at radius 1 is 1.33 bits per heavy atom. The molecule has 27 heavy (non-hydrogen) atoms. The minimum atomic E-state index is -4.70. The van der Waals surface area contributed by atoms with Crippen LogP contribution in [0.5, 0.6) is 0 Å². The van der Waals surface area contributed by atoms with Gasteiger partial charge in [-0.15, -0.1) is 0 Å². The summed E-state index contributed by atoms with van der Waals surface area (Å²) < 4.78 is 41.4. The summed E-state index contributed by atoms with van der Waals surface area (Å²) in [4.78, 5) is 15.8. The predicted molar refractivity (Wildman–Crippen MR) is 93.6 cm³/mol. The molecule has 3 heterocycles. The van der Waals surface area contributed by atoms with Crippen molar-refractivity contribution in [1.29, 1.82) is 0 Å². The van der Waals surface area contributed by atoms with Crippen molar-refractivity contribution in [3.63, 3.8) is 0 Å². The van der Waals surface area contributed by atoms with E-state index < -0.39 is 22.5 Å². The first kappa shape index (κ1) is 19.4. The van der Waals surface area contributed by atoms with Crippen LogP contribution < -0.4 is 5.56 Å². The highest BCUT2D eigenvalue weighted by atomic mass is 35.5. The maximum Gasteiger partial charge on any atom is 0.434 e. The topological polar surface area (TPSA) is 72.9 Å². The van der Waals surface area contributed by atoms with Crippen LogP contribution in [0.4, 0.5) is 13.2 Å². The van der Waals surface area contributed by atoms with Gasteiger partial charge in [-0.3, -0.25) is 9.48 Å². The van der Waals surface area contributed by atoms with Gasteiger partial charge in [0.15, 0.2) is 11.2 Å². The summed E-state index contributed by atoms with van der Waals surface area (Å²) in [5, 5.41) is 15.1. The summed E-state index contributed by atoms with van der Waals surface area (Å²) in [5.41, 5.74) is -2.89. The minimum absolute atomic E-state index is 0.0464. The van der Waals surface area contributed by atoms with Gasteiger partial charge in [-0.25, -0.2) is 4.98 Å². The fourth-order valence-corrected chi connectivity index (χ4v) is 3.37. The Morgan fingerprint density at radius 2 is 2.00 bits per heavy atom. The summed E-state index contributed by atoms with van der Waals surface area (Å²) in [5.74, 6) is 0. The highest BCUT2D eigenvalue weighted by Crippen LogP contribution is 2.38. The Hall–Kier alpha value is -2.39. The highest BCUT2D eigenvalue weighted by Gasteiger charge is 2.38. The normalized spacial score (nSPS) is 14.5. The van der Waals surface area contributed by atoms with E-state index in [2.05, 4.69) is 10.1 Å². The smallest absolute Gasteiger partial charge is 0.379 e. The number of fused-ring (bicyclic) bond motifs is 1. The second-order valence-electron chi connectivity index (χ2n) is 6.27. The zero-order valence-corrected chi connectivity index (χ0v) is 15.4. The number of hydrogen-bond donors (Lipinski definition) is 1. The van der Waals surface area contributed by atoms with E-state index in [9.17, 15) is 23.1 Å².